The van der Waals surface area contributed by atoms with Crippen LogP contribution in [0.15, 0.2) is 0 Å². The second kappa shape index (κ2) is 5.90. The van der Waals surface area contributed by atoms with Crippen molar-refractivity contribution < 1.29 is 14.3 Å². The van der Waals surface area contributed by atoms with E-state index in [4.69, 9.17) is 16.3 Å². The topological polar surface area (TPSA) is 58.6 Å². The van der Waals surface area contributed by atoms with Gasteiger partial charge < -0.3 is 10.1 Å². The highest BCUT2D eigenvalue weighted by Gasteiger charge is 2.41. The maximum absolute atomic E-state index is 12.6. The van der Waals surface area contributed by atoms with E-state index in [-0.39, 0.29) is 11.3 Å². The summed E-state index contributed by atoms with van der Waals surface area (Å²) in [4.78, 5) is 26.1. The molecule has 6 heteroatoms. The molecule has 0 spiro atoms. The Bertz CT molecular complexity index is 385. The lowest BCUT2D eigenvalue weighted by atomic mass is 10.0. The molecule has 0 radical (unpaired) electrons. The van der Waals surface area contributed by atoms with Gasteiger partial charge in [0, 0.05) is 17.5 Å². The molecule has 1 N–H and O–H groups in total. The Morgan fingerprint density at radius 2 is 1.75 bits per heavy atom. The standard InChI is InChI=1S/C14H25ClN2O3/c1-13(2,3)17(12(19)20-14(4,5)6)11(18)10-7-9(15)8-16-10/h9-10,16H,7-8H2,1-6H3/t9-,10+/m1/s1. The molecular weight excluding hydrogens is 280 g/mol. The Hall–Kier alpha value is -0.810. The molecule has 0 aromatic heterocycles. The van der Waals surface area contributed by atoms with Gasteiger partial charge in [-0.1, -0.05) is 0 Å². The first kappa shape index (κ1) is 17.2. The fraction of sp³-hybridized carbons (Fsp3) is 0.857. The maximum Gasteiger partial charge on any atom is 0.417 e. The van der Waals surface area contributed by atoms with Crippen molar-refractivity contribution in [2.24, 2.45) is 0 Å². The van der Waals surface area contributed by atoms with Crippen LogP contribution >= 0.6 is 11.6 Å². The molecule has 20 heavy (non-hydrogen) atoms. The number of ether oxygens (including phenoxy) is 1. The fourth-order valence-corrected chi connectivity index (χ4v) is 2.31. The van der Waals surface area contributed by atoms with E-state index in [1.165, 1.54) is 4.90 Å². The summed E-state index contributed by atoms with van der Waals surface area (Å²) in [6.07, 6.45) is -0.0923. The third kappa shape index (κ3) is 4.63. The summed E-state index contributed by atoms with van der Waals surface area (Å²) < 4.78 is 5.34. The first-order valence-electron chi connectivity index (χ1n) is 6.86. The summed E-state index contributed by atoms with van der Waals surface area (Å²) in [6.45, 7) is 11.3. The average molecular weight is 305 g/mol. The summed E-state index contributed by atoms with van der Waals surface area (Å²) in [6, 6.07) is -0.427. The minimum Gasteiger partial charge on any atom is -0.443 e. The number of imide groups is 1. The van der Waals surface area contributed by atoms with Gasteiger partial charge in [-0.15, -0.1) is 11.6 Å². The lowest BCUT2D eigenvalue weighted by molar-refractivity contribution is -0.136. The Morgan fingerprint density at radius 3 is 2.10 bits per heavy atom. The lowest BCUT2D eigenvalue weighted by Crippen LogP contribution is -2.56. The smallest absolute Gasteiger partial charge is 0.417 e. The molecule has 0 aliphatic carbocycles. The van der Waals surface area contributed by atoms with E-state index < -0.39 is 23.3 Å². The third-order valence-corrected chi connectivity index (χ3v) is 3.18. The quantitative estimate of drug-likeness (QED) is 0.756. The van der Waals surface area contributed by atoms with Gasteiger partial charge >= 0.3 is 6.09 Å². The van der Waals surface area contributed by atoms with Crippen LogP contribution in [0.1, 0.15) is 48.0 Å². The molecule has 2 amide bonds. The van der Waals surface area contributed by atoms with E-state index in [2.05, 4.69) is 5.32 Å². The molecule has 0 saturated carbocycles. The van der Waals surface area contributed by atoms with Crippen molar-refractivity contribution >= 4 is 23.6 Å². The molecule has 0 aromatic carbocycles. The molecule has 1 aliphatic rings. The second-order valence-electron chi connectivity index (χ2n) is 7.12. The number of carbonyl (C=O) groups is 2. The number of amides is 2. The second-order valence-corrected chi connectivity index (χ2v) is 7.74. The molecule has 0 bridgehead atoms. The minimum atomic E-state index is -0.647. The summed E-state index contributed by atoms with van der Waals surface area (Å²) in [5.41, 5.74) is -1.29. The normalized spacial score (nSPS) is 23.6. The van der Waals surface area contributed by atoms with Crippen LogP contribution < -0.4 is 5.32 Å². The van der Waals surface area contributed by atoms with Gasteiger partial charge in [-0.25, -0.2) is 9.69 Å². The zero-order valence-corrected chi connectivity index (χ0v) is 13.9. The predicted molar refractivity (Wildman–Crippen MR) is 78.9 cm³/mol. The van der Waals surface area contributed by atoms with Crippen LogP contribution in [0, 0.1) is 0 Å². The number of alkyl halides is 1. The van der Waals surface area contributed by atoms with Crippen LogP contribution in [0.4, 0.5) is 4.79 Å². The first-order chi connectivity index (χ1) is 8.92. The maximum atomic E-state index is 12.6. The Kier molecular flexibility index (Phi) is 5.08. The average Bonchev–Trinajstić information content (AvgIpc) is 2.59. The molecule has 1 rings (SSSR count). The molecule has 1 heterocycles. The predicted octanol–water partition coefficient (Wildman–Crippen LogP) is 2.52. The first-order valence-corrected chi connectivity index (χ1v) is 7.30. The Labute approximate surface area is 126 Å². The summed E-state index contributed by atoms with van der Waals surface area (Å²) in [5, 5.41) is 2.97. The van der Waals surface area contributed by atoms with Crippen molar-refractivity contribution in [3.05, 3.63) is 0 Å². The van der Waals surface area contributed by atoms with Crippen LogP contribution in [-0.2, 0) is 9.53 Å². The zero-order valence-electron chi connectivity index (χ0n) is 13.1. The number of carbonyl (C=O) groups excluding carboxylic acids is 2. The number of nitrogens with one attached hydrogen (secondary N) is 1. The van der Waals surface area contributed by atoms with Gasteiger partial charge in [-0.3, -0.25) is 4.79 Å². The number of hydrogen-bond donors (Lipinski definition) is 1. The Balaban J connectivity index is 2.90. The number of rotatable bonds is 1. The van der Waals surface area contributed by atoms with Crippen LogP contribution in [0.25, 0.3) is 0 Å². The van der Waals surface area contributed by atoms with Gasteiger partial charge in [-0.05, 0) is 48.0 Å². The van der Waals surface area contributed by atoms with Gasteiger partial charge in [0.15, 0.2) is 0 Å². The summed E-state index contributed by atoms with van der Waals surface area (Å²) >= 11 is 6.01. The van der Waals surface area contributed by atoms with E-state index in [1.54, 1.807) is 20.8 Å². The van der Waals surface area contributed by atoms with Gasteiger partial charge in [0.1, 0.15) is 5.60 Å². The fourth-order valence-electron chi connectivity index (χ4n) is 2.04. The van der Waals surface area contributed by atoms with E-state index in [9.17, 15) is 9.59 Å². The number of nitrogens with zero attached hydrogens (tertiary/aromatic N) is 1. The monoisotopic (exact) mass is 304 g/mol. The largest absolute Gasteiger partial charge is 0.443 e. The summed E-state index contributed by atoms with van der Waals surface area (Å²) in [7, 11) is 0. The molecule has 5 nitrogen and oxygen atoms in total. The van der Waals surface area contributed by atoms with E-state index in [0.717, 1.165) is 0 Å². The highest BCUT2D eigenvalue weighted by atomic mass is 35.5. The number of halogens is 1. The lowest BCUT2D eigenvalue weighted by Gasteiger charge is -2.36. The van der Waals surface area contributed by atoms with Gasteiger partial charge in [0.05, 0.1) is 6.04 Å². The molecular formula is C14H25ClN2O3. The van der Waals surface area contributed by atoms with E-state index in [1.807, 2.05) is 20.8 Å². The highest BCUT2D eigenvalue weighted by molar-refractivity contribution is 6.21. The highest BCUT2D eigenvalue weighted by Crippen LogP contribution is 2.23. The van der Waals surface area contributed by atoms with E-state index in [0.29, 0.717) is 13.0 Å². The van der Waals surface area contributed by atoms with Crippen LogP contribution in [0.3, 0.4) is 0 Å². The minimum absolute atomic E-state index is 0.0793. The molecule has 0 aromatic rings. The molecule has 1 aliphatic heterocycles. The van der Waals surface area contributed by atoms with Gasteiger partial charge in [0.2, 0.25) is 5.91 Å². The van der Waals surface area contributed by atoms with Gasteiger partial charge in [-0.2, -0.15) is 0 Å². The molecule has 1 fully saturated rings. The van der Waals surface area contributed by atoms with Crippen molar-refractivity contribution in [2.45, 2.75) is 70.5 Å². The van der Waals surface area contributed by atoms with Gasteiger partial charge in [0.25, 0.3) is 0 Å². The molecule has 1 saturated heterocycles. The van der Waals surface area contributed by atoms with Crippen LogP contribution in [0.5, 0.6) is 0 Å². The van der Waals surface area contributed by atoms with Crippen molar-refractivity contribution in [1.82, 2.24) is 10.2 Å². The molecule has 2 atom stereocenters. The van der Waals surface area contributed by atoms with Crippen LogP contribution in [0.2, 0.25) is 0 Å². The third-order valence-electron chi connectivity index (χ3n) is 2.84. The number of hydrogen-bond acceptors (Lipinski definition) is 4. The molecule has 116 valence electrons. The zero-order chi connectivity index (χ0) is 15.7. The van der Waals surface area contributed by atoms with Crippen molar-refractivity contribution in [3.8, 4) is 0 Å². The van der Waals surface area contributed by atoms with Crippen molar-refractivity contribution in [2.75, 3.05) is 6.54 Å². The van der Waals surface area contributed by atoms with Crippen molar-refractivity contribution in [3.63, 3.8) is 0 Å². The van der Waals surface area contributed by atoms with E-state index >= 15 is 0 Å². The Morgan fingerprint density at radius 1 is 1.20 bits per heavy atom. The SMILES string of the molecule is CC(C)(C)OC(=O)N(C(=O)[C@@H]1C[C@@H](Cl)CN1)C(C)(C)C. The van der Waals surface area contributed by atoms with Crippen molar-refractivity contribution in [1.29, 1.82) is 0 Å². The summed E-state index contributed by atoms with van der Waals surface area (Å²) in [5.74, 6) is -0.282. The molecule has 0 unspecified atom stereocenters. The van der Waals surface area contributed by atoms with Crippen LogP contribution in [-0.4, -0.2) is 46.0 Å².